The zero-order valence-corrected chi connectivity index (χ0v) is 18.6. The van der Waals surface area contributed by atoms with E-state index in [0.717, 1.165) is 54.3 Å². The van der Waals surface area contributed by atoms with Crippen molar-refractivity contribution in [3.8, 4) is 0 Å². The molecule has 1 saturated carbocycles. The van der Waals surface area contributed by atoms with E-state index in [1.807, 2.05) is 37.3 Å². The summed E-state index contributed by atoms with van der Waals surface area (Å²) in [6.07, 6.45) is 8.19. The zero-order valence-electron chi connectivity index (χ0n) is 18.6. The van der Waals surface area contributed by atoms with E-state index in [1.54, 1.807) is 0 Å². The van der Waals surface area contributed by atoms with E-state index >= 15 is 0 Å². The van der Waals surface area contributed by atoms with Crippen LogP contribution in [0.2, 0.25) is 0 Å². The largest absolute Gasteiger partial charge is 0.357 e. The van der Waals surface area contributed by atoms with Crippen molar-refractivity contribution >= 4 is 28.9 Å². The fourth-order valence-electron chi connectivity index (χ4n) is 4.14. The zero-order chi connectivity index (χ0) is 21.3. The Morgan fingerprint density at radius 3 is 2.37 bits per heavy atom. The highest BCUT2D eigenvalue weighted by Gasteiger charge is 2.15. The molecule has 3 rings (SSSR count). The fraction of sp³-hybridized carbons (Fsp3) is 0.542. The Morgan fingerprint density at radius 2 is 1.70 bits per heavy atom. The number of benzene rings is 1. The van der Waals surface area contributed by atoms with Crippen LogP contribution < -0.4 is 15.5 Å². The van der Waals surface area contributed by atoms with Gasteiger partial charge in [-0.2, -0.15) is 0 Å². The van der Waals surface area contributed by atoms with Gasteiger partial charge in [-0.05, 0) is 57.4 Å². The number of rotatable bonds is 9. The van der Waals surface area contributed by atoms with Crippen molar-refractivity contribution in [2.24, 2.45) is 5.92 Å². The van der Waals surface area contributed by atoms with Crippen LogP contribution in [0.1, 0.15) is 64.6 Å². The van der Waals surface area contributed by atoms with Crippen molar-refractivity contribution in [2.75, 3.05) is 28.6 Å². The topological polar surface area (TPSA) is 70.2 Å². The number of hydrogen-bond acceptors (Lipinski definition) is 5. The van der Waals surface area contributed by atoms with Crippen molar-refractivity contribution in [1.29, 1.82) is 0 Å². The fourth-order valence-corrected chi connectivity index (χ4v) is 4.14. The summed E-state index contributed by atoms with van der Waals surface area (Å²) in [5, 5.41) is 6.37. The monoisotopic (exact) mass is 409 g/mol. The number of nitrogens with one attached hydrogen (secondary N) is 2. The SMILES string of the molecule is CCN(CC)c1cc(Nc2ccc(NC(=O)CCC3CCCCC3)cc2)nc(C)n1. The highest BCUT2D eigenvalue weighted by atomic mass is 16.1. The van der Waals surface area contributed by atoms with Crippen LogP contribution in [0.15, 0.2) is 30.3 Å². The first kappa shape index (κ1) is 22.1. The van der Waals surface area contributed by atoms with E-state index in [-0.39, 0.29) is 5.91 Å². The molecule has 2 N–H and O–H groups in total. The Morgan fingerprint density at radius 1 is 1.03 bits per heavy atom. The van der Waals surface area contributed by atoms with Crippen LogP contribution in [0.5, 0.6) is 0 Å². The first-order chi connectivity index (χ1) is 14.6. The molecule has 30 heavy (non-hydrogen) atoms. The molecule has 2 aromatic rings. The molecule has 1 aromatic carbocycles. The molecule has 162 valence electrons. The maximum atomic E-state index is 12.3. The standard InChI is InChI=1S/C24H35N5O/c1-4-29(5-2)23-17-22(25-18(3)26-23)27-20-12-14-21(15-13-20)28-24(30)16-11-19-9-7-6-8-10-19/h12-15,17,19H,4-11,16H2,1-3H3,(H,28,30)(H,25,26,27). The summed E-state index contributed by atoms with van der Waals surface area (Å²) in [4.78, 5) is 23.5. The number of carbonyl (C=O) groups excluding carboxylic acids is 1. The van der Waals surface area contributed by atoms with Crippen LogP contribution in [0.3, 0.4) is 0 Å². The van der Waals surface area contributed by atoms with E-state index in [4.69, 9.17) is 0 Å². The predicted molar refractivity (Wildman–Crippen MR) is 124 cm³/mol. The highest BCUT2D eigenvalue weighted by Crippen LogP contribution is 2.27. The quantitative estimate of drug-likeness (QED) is 0.558. The number of hydrogen-bond donors (Lipinski definition) is 2. The molecule has 6 nitrogen and oxygen atoms in total. The average molecular weight is 410 g/mol. The molecule has 6 heteroatoms. The number of nitrogens with zero attached hydrogens (tertiary/aromatic N) is 3. The summed E-state index contributed by atoms with van der Waals surface area (Å²) < 4.78 is 0. The maximum absolute atomic E-state index is 12.3. The van der Waals surface area contributed by atoms with Crippen molar-refractivity contribution in [2.45, 2.75) is 65.7 Å². The van der Waals surface area contributed by atoms with E-state index in [2.05, 4.69) is 39.3 Å². The van der Waals surface area contributed by atoms with Crippen LogP contribution in [0, 0.1) is 12.8 Å². The van der Waals surface area contributed by atoms with Gasteiger partial charge in [-0.1, -0.05) is 32.1 Å². The van der Waals surface area contributed by atoms with Crippen LogP contribution in [-0.4, -0.2) is 29.0 Å². The van der Waals surface area contributed by atoms with Crippen LogP contribution >= 0.6 is 0 Å². The van der Waals surface area contributed by atoms with Gasteiger partial charge in [-0.25, -0.2) is 9.97 Å². The Labute approximate surface area is 180 Å². The Balaban J connectivity index is 1.54. The molecule has 1 amide bonds. The molecule has 1 aromatic heterocycles. The van der Waals surface area contributed by atoms with Crippen molar-refractivity contribution < 1.29 is 4.79 Å². The van der Waals surface area contributed by atoms with Gasteiger partial charge in [0.15, 0.2) is 0 Å². The smallest absolute Gasteiger partial charge is 0.224 e. The minimum absolute atomic E-state index is 0.108. The van der Waals surface area contributed by atoms with Gasteiger partial charge >= 0.3 is 0 Å². The van der Waals surface area contributed by atoms with E-state index < -0.39 is 0 Å². The first-order valence-corrected chi connectivity index (χ1v) is 11.3. The second-order valence-corrected chi connectivity index (χ2v) is 8.12. The minimum atomic E-state index is 0.108. The lowest BCUT2D eigenvalue weighted by molar-refractivity contribution is -0.116. The molecular weight excluding hydrogens is 374 g/mol. The van der Waals surface area contributed by atoms with Gasteiger partial charge in [0.1, 0.15) is 17.5 Å². The van der Waals surface area contributed by atoms with Crippen molar-refractivity contribution in [3.05, 3.63) is 36.2 Å². The third kappa shape index (κ3) is 6.44. The summed E-state index contributed by atoms with van der Waals surface area (Å²) >= 11 is 0. The lowest BCUT2D eigenvalue weighted by Gasteiger charge is -2.21. The Hall–Kier alpha value is -2.63. The van der Waals surface area contributed by atoms with Gasteiger partial charge in [0.25, 0.3) is 0 Å². The Kier molecular flexibility index (Phi) is 8.05. The average Bonchev–Trinajstić information content (AvgIpc) is 2.75. The Bertz CT molecular complexity index is 811. The van der Waals surface area contributed by atoms with E-state index in [1.165, 1.54) is 32.1 Å². The van der Waals surface area contributed by atoms with E-state index in [9.17, 15) is 4.79 Å². The van der Waals surface area contributed by atoms with Crippen molar-refractivity contribution in [1.82, 2.24) is 9.97 Å². The van der Waals surface area contributed by atoms with Gasteiger partial charge in [0.05, 0.1) is 0 Å². The van der Waals surface area contributed by atoms with Crippen LogP contribution in [0.25, 0.3) is 0 Å². The molecule has 0 radical (unpaired) electrons. The molecule has 0 aliphatic heterocycles. The molecule has 0 unspecified atom stereocenters. The van der Waals surface area contributed by atoms with Crippen LogP contribution in [-0.2, 0) is 4.79 Å². The van der Waals surface area contributed by atoms with Gasteiger partial charge < -0.3 is 15.5 Å². The molecule has 1 aliphatic carbocycles. The third-order valence-electron chi connectivity index (χ3n) is 5.86. The second-order valence-electron chi connectivity index (χ2n) is 8.12. The summed E-state index contributed by atoms with van der Waals surface area (Å²) in [5.74, 6) is 3.28. The van der Waals surface area contributed by atoms with Gasteiger partial charge in [-0.3, -0.25) is 4.79 Å². The van der Waals surface area contributed by atoms with Crippen molar-refractivity contribution in [3.63, 3.8) is 0 Å². The number of carbonyl (C=O) groups is 1. The number of amides is 1. The highest BCUT2D eigenvalue weighted by molar-refractivity contribution is 5.90. The number of aryl methyl sites for hydroxylation is 1. The van der Waals surface area contributed by atoms with Gasteiger partial charge in [0, 0.05) is 37.0 Å². The van der Waals surface area contributed by atoms with Crippen LogP contribution in [0.4, 0.5) is 23.0 Å². The molecule has 0 bridgehead atoms. The lowest BCUT2D eigenvalue weighted by Crippen LogP contribution is -2.23. The molecule has 0 saturated heterocycles. The second kappa shape index (κ2) is 11.0. The summed E-state index contributed by atoms with van der Waals surface area (Å²) in [6, 6.07) is 9.76. The molecule has 1 heterocycles. The third-order valence-corrected chi connectivity index (χ3v) is 5.86. The lowest BCUT2D eigenvalue weighted by atomic mass is 9.86. The van der Waals surface area contributed by atoms with Gasteiger partial charge in [-0.15, -0.1) is 0 Å². The maximum Gasteiger partial charge on any atom is 0.224 e. The summed E-state index contributed by atoms with van der Waals surface area (Å²) in [6.45, 7) is 7.96. The molecule has 0 atom stereocenters. The molecule has 1 aliphatic rings. The molecular formula is C24H35N5O. The number of aromatic nitrogens is 2. The minimum Gasteiger partial charge on any atom is -0.357 e. The molecule has 1 fully saturated rings. The van der Waals surface area contributed by atoms with E-state index in [0.29, 0.717) is 6.42 Å². The van der Waals surface area contributed by atoms with Gasteiger partial charge in [0.2, 0.25) is 5.91 Å². The number of anilines is 4. The summed E-state index contributed by atoms with van der Waals surface area (Å²) in [5.41, 5.74) is 1.76. The molecule has 0 spiro atoms. The summed E-state index contributed by atoms with van der Waals surface area (Å²) in [7, 11) is 0. The first-order valence-electron chi connectivity index (χ1n) is 11.3. The predicted octanol–water partition coefficient (Wildman–Crippen LogP) is 5.67. The normalized spacial score (nSPS) is 14.4.